The van der Waals surface area contributed by atoms with Crippen LogP contribution in [-0.2, 0) is 43.0 Å². The number of ketones is 2. The van der Waals surface area contributed by atoms with Gasteiger partial charge in [-0.05, 0) is 47.2 Å². The number of methoxy groups -OCH3 is 2. The molecule has 2 aromatic rings. The Kier molecular flexibility index (Phi) is 15.0. The molecule has 15 heteroatoms. The van der Waals surface area contributed by atoms with Gasteiger partial charge in [0.1, 0.15) is 13.2 Å². The number of amides is 3. The van der Waals surface area contributed by atoms with Gasteiger partial charge < -0.3 is 29.1 Å². The Morgan fingerprint density at radius 2 is 1.35 bits per heavy atom. The van der Waals surface area contributed by atoms with E-state index in [2.05, 4.69) is 5.32 Å². The fourth-order valence-electron chi connectivity index (χ4n) is 6.02. The second-order valence-electron chi connectivity index (χ2n) is 12.4. The molecule has 0 radical (unpaired) electrons. The Labute approximate surface area is 301 Å². The van der Waals surface area contributed by atoms with Crippen LogP contribution >= 0.6 is 0 Å². The molecule has 1 aliphatic carbocycles. The summed E-state index contributed by atoms with van der Waals surface area (Å²) < 4.78 is 20.8. The number of rotatable bonds is 21. The first-order valence-electron chi connectivity index (χ1n) is 17.2. The van der Waals surface area contributed by atoms with E-state index in [-0.39, 0.29) is 63.8 Å². The zero-order chi connectivity index (χ0) is 37.6. The van der Waals surface area contributed by atoms with Crippen molar-refractivity contribution in [2.45, 2.75) is 51.4 Å². The lowest BCUT2D eigenvalue weighted by Gasteiger charge is -2.22. The Balaban J connectivity index is 1.42. The first kappa shape index (κ1) is 39.8. The van der Waals surface area contributed by atoms with E-state index in [1.165, 1.54) is 11.8 Å². The van der Waals surface area contributed by atoms with Gasteiger partial charge in [0.25, 0.3) is 11.8 Å². The number of carbonyl (C=O) groups is 7. The third-order valence-electron chi connectivity index (χ3n) is 8.64. The maximum absolute atomic E-state index is 13.0. The van der Waals surface area contributed by atoms with Gasteiger partial charge in [0, 0.05) is 96.7 Å². The molecule has 0 spiro atoms. The van der Waals surface area contributed by atoms with E-state index in [9.17, 15) is 33.6 Å². The molecule has 0 saturated carbocycles. The maximum Gasteiger partial charge on any atom is 0.407 e. The second-order valence-corrected chi connectivity index (χ2v) is 12.4. The molecule has 2 aliphatic rings. The predicted octanol–water partition coefficient (Wildman–Crippen LogP) is 3.22. The van der Waals surface area contributed by atoms with Gasteiger partial charge in [-0.15, -0.1) is 5.06 Å². The number of hydrogen-bond donors (Lipinski definition) is 1. The van der Waals surface area contributed by atoms with Crippen LogP contribution in [0.5, 0.6) is 0 Å². The first-order chi connectivity index (χ1) is 25.0. The average Bonchev–Trinajstić information content (AvgIpc) is 3.60. The predicted molar refractivity (Wildman–Crippen MR) is 184 cm³/mol. The molecule has 0 atom stereocenters. The van der Waals surface area contributed by atoms with E-state index in [1.54, 1.807) is 26.4 Å². The van der Waals surface area contributed by atoms with Crippen LogP contribution in [0.3, 0.4) is 0 Å². The molecular weight excluding hydrogens is 678 g/mol. The standard InChI is InChI=1S/C37H45N3O12/c1-24(41)50-19-16-39(22-36(46)52-40-34(44)12-13-35(40)45)15-14-38-37(47)51-23-31-29-20-25(32(42)6-4-17-48-2)8-10-27(29)28-11-9-26(21-30(28)31)33(43)7-5-18-49-3/h8-11,20-21,31H,4-7,12-19,22-23H2,1-3H3,(H,38,47). The molecule has 1 fully saturated rings. The van der Waals surface area contributed by atoms with E-state index < -0.39 is 35.8 Å². The Morgan fingerprint density at radius 3 is 1.87 bits per heavy atom. The maximum atomic E-state index is 13.0. The zero-order valence-electron chi connectivity index (χ0n) is 29.7. The van der Waals surface area contributed by atoms with Gasteiger partial charge in [0.15, 0.2) is 11.6 Å². The molecule has 1 N–H and O–H groups in total. The summed E-state index contributed by atoms with van der Waals surface area (Å²) >= 11 is 0. The lowest BCUT2D eigenvalue weighted by atomic mass is 9.93. The molecule has 0 bridgehead atoms. The SMILES string of the molecule is COCCCC(=O)c1ccc2c(c1)C(COC(=O)NCCN(CCOC(C)=O)CC(=O)ON1C(=O)CCC1=O)c1cc(C(=O)CCCOC)ccc1-2. The van der Waals surface area contributed by atoms with Crippen LogP contribution in [0.4, 0.5) is 4.79 Å². The Bertz CT molecular complexity index is 1570. The summed E-state index contributed by atoms with van der Waals surface area (Å²) in [5.41, 5.74) is 4.41. The van der Waals surface area contributed by atoms with Crippen molar-refractivity contribution in [1.29, 1.82) is 0 Å². The van der Waals surface area contributed by atoms with Crippen LogP contribution in [-0.4, -0.2) is 118 Å². The fourth-order valence-corrected chi connectivity index (χ4v) is 6.02. The number of fused-ring (bicyclic) bond motifs is 3. The fraction of sp³-hybridized carbons (Fsp3) is 0.486. The summed E-state index contributed by atoms with van der Waals surface area (Å²) in [4.78, 5) is 92.9. The summed E-state index contributed by atoms with van der Waals surface area (Å²) in [6.07, 6.45) is 0.941. The topological polar surface area (TPSA) is 184 Å². The van der Waals surface area contributed by atoms with Crippen molar-refractivity contribution in [3.8, 4) is 11.1 Å². The molecule has 3 amide bonds. The van der Waals surface area contributed by atoms with Crippen molar-refractivity contribution in [3.05, 3.63) is 58.7 Å². The number of nitrogens with zero attached hydrogens (tertiary/aromatic N) is 2. The number of carbonyl (C=O) groups excluding carboxylic acids is 7. The van der Waals surface area contributed by atoms with Gasteiger partial charge in [0.05, 0.1) is 6.54 Å². The average molecular weight is 724 g/mol. The number of alkyl carbamates (subject to hydrolysis) is 1. The quantitative estimate of drug-likeness (QED) is 0.0858. The molecule has 280 valence electrons. The van der Waals surface area contributed by atoms with Crippen molar-refractivity contribution in [2.24, 2.45) is 0 Å². The Morgan fingerprint density at radius 1 is 0.788 bits per heavy atom. The van der Waals surface area contributed by atoms with E-state index >= 15 is 0 Å². The number of imide groups is 1. The molecular formula is C37H45N3O12. The highest BCUT2D eigenvalue weighted by Crippen LogP contribution is 2.46. The first-order valence-corrected chi connectivity index (χ1v) is 17.2. The van der Waals surface area contributed by atoms with Gasteiger partial charge in [-0.25, -0.2) is 9.59 Å². The highest BCUT2D eigenvalue weighted by molar-refractivity contribution is 6.02. The van der Waals surface area contributed by atoms with Crippen molar-refractivity contribution in [3.63, 3.8) is 0 Å². The number of ether oxygens (including phenoxy) is 4. The number of Topliss-reactive ketones (excluding diaryl/α,β-unsaturated/α-hetero) is 2. The highest BCUT2D eigenvalue weighted by Gasteiger charge is 2.34. The van der Waals surface area contributed by atoms with E-state index in [0.29, 0.717) is 55.1 Å². The van der Waals surface area contributed by atoms with E-state index in [1.807, 2.05) is 24.3 Å². The minimum absolute atomic E-state index is 0.0197. The summed E-state index contributed by atoms with van der Waals surface area (Å²) in [6, 6.07) is 11.0. The van der Waals surface area contributed by atoms with Crippen LogP contribution in [0.2, 0.25) is 0 Å². The largest absolute Gasteiger partial charge is 0.465 e. The monoisotopic (exact) mass is 723 g/mol. The number of nitrogens with one attached hydrogen (secondary N) is 1. The molecule has 0 unspecified atom stereocenters. The van der Waals surface area contributed by atoms with Gasteiger partial charge in [-0.3, -0.25) is 28.9 Å². The number of esters is 1. The molecule has 52 heavy (non-hydrogen) atoms. The third-order valence-corrected chi connectivity index (χ3v) is 8.64. The minimum atomic E-state index is -0.874. The lowest BCUT2D eigenvalue weighted by Crippen LogP contribution is -2.42. The van der Waals surface area contributed by atoms with Gasteiger partial charge >= 0.3 is 18.0 Å². The summed E-state index contributed by atoms with van der Waals surface area (Å²) in [7, 11) is 3.16. The van der Waals surface area contributed by atoms with Crippen molar-refractivity contribution >= 4 is 41.4 Å². The van der Waals surface area contributed by atoms with Crippen LogP contribution < -0.4 is 5.32 Å². The minimum Gasteiger partial charge on any atom is -0.465 e. The smallest absolute Gasteiger partial charge is 0.407 e. The molecule has 0 aromatic heterocycles. The van der Waals surface area contributed by atoms with Crippen molar-refractivity contribution < 1.29 is 57.3 Å². The molecule has 1 saturated heterocycles. The molecule has 2 aromatic carbocycles. The number of benzene rings is 2. The molecule has 4 rings (SSSR count). The normalized spacial score (nSPS) is 13.6. The summed E-state index contributed by atoms with van der Waals surface area (Å²) in [5.74, 6) is -3.15. The molecule has 1 aliphatic heterocycles. The third kappa shape index (κ3) is 11.0. The van der Waals surface area contributed by atoms with E-state index in [0.717, 1.165) is 22.3 Å². The number of hydrogen-bond acceptors (Lipinski definition) is 13. The van der Waals surface area contributed by atoms with Crippen LogP contribution in [0.1, 0.15) is 83.2 Å². The lowest BCUT2D eigenvalue weighted by molar-refractivity contribution is -0.198. The van der Waals surface area contributed by atoms with Crippen LogP contribution in [0.25, 0.3) is 11.1 Å². The van der Waals surface area contributed by atoms with Crippen LogP contribution in [0, 0.1) is 0 Å². The van der Waals surface area contributed by atoms with Gasteiger partial charge in [0.2, 0.25) is 0 Å². The summed E-state index contributed by atoms with van der Waals surface area (Å²) in [6.45, 7) is 1.89. The van der Waals surface area contributed by atoms with Crippen molar-refractivity contribution in [2.75, 3.05) is 66.8 Å². The molecule has 15 nitrogen and oxygen atoms in total. The summed E-state index contributed by atoms with van der Waals surface area (Å²) in [5, 5.41) is 3.09. The van der Waals surface area contributed by atoms with E-state index in [4.69, 9.17) is 23.8 Å². The zero-order valence-corrected chi connectivity index (χ0v) is 29.7. The number of hydroxylamine groups is 2. The van der Waals surface area contributed by atoms with Crippen molar-refractivity contribution in [1.82, 2.24) is 15.3 Å². The Hall–Kier alpha value is -4.99. The van der Waals surface area contributed by atoms with Gasteiger partial charge in [-0.1, -0.05) is 24.3 Å². The molecule has 1 heterocycles. The second kappa shape index (κ2) is 19.6. The van der Waals surface area contributed by atoms with Crippen LogP contribution in [0.15, 0.2) is 36.4 Å². The highest BCUT2D eigenvalue weighted by atomic mass is 16.7. The van der Waals surface area contributed by atoms with Gasteiger partial charge in [-0.2, -0.15) is 0 Å².